The maximum absolute atomic E-state index is 12.6. The summed E-state index contributed by atoms with van der Waals surface area (Å²) in [5.74, 6) is -0.251. The smallest absolute Gasteiger partial charge is 0.251 e. The van der Waals surface area contributed by atoms with Gasteiger partial charge in [0.2, 0.25) is 0 Å². The number of carbonyl (C=O) groups excluding carboxylic acids is 1. The molecule has 5 nitrogen and oxygen atoms in total. The van der Waals surface area contributed by atoms with E-state index in [0.717, 1.165) is 37.5 Å². The third-order valence-corrected chi connectivity index (χ3v) is 6.98. The maximum Gasteiger partial charge on any atom is 0.251 e. The van der Waals surface area contributed by atoms with Crippen LogP contribution >= 0.6 is 11.6 Å². The van der Waals surface area contributed by atoms with Crippen LogP contribution in [0.3, 0.4) is 0 Å². The standard InChI is InChI=1S/C21H25ClN2O3S/c1-28(26,27)19-7-2-4-15(12-19)20(25)24-18-8-10-21(14-23,11-9-18)16-5-3-6-17(22)13-16/h2-7,12-13,18H,8-11,14,23H2,1H3,(H,24,25). The summed E-state index contributed by atoms with van der Waals surface area (Å²) in [6.45, 7) is 0.532. The summed E-state index contributed by atoms with van der Waals surface area (Å²) in [4.78, 5) is 12.7. The molecule has 0 heterocycles. The highest BCUT2D eigenvalue weighted by atomic mass is 35.5. The number of hydrogen-bond donors (Lipinski definition) is 2. The fraction of sp³-hybridized carbons (Fsp3) is 0.381. The summed E-state index contributed by atoms with van der Waals surface area (Å²) in [5.41, 5.74) is 7.51. The summed E-state index contributed by atoms with van der Waals surface area (Å²) in [5, 5.41) is 3.74. The monoisotopic (exact) mass is 420 g/mol. The molecule has 3 N–H and O–H groups in total. The second-order valence-electron chi connectivity index (χ2n) is 7.54. The molecule has 1 aliphatic carbocycles. The molecule has 0 unspecified atom stereocenters. The number of nitrogens with two attached hydrogens (primary N) is 1. The highest BCUT2D eigenvalue weighted by Crippen LogP contribution is 2.39. The lowest BCUT2D eigenvalue weighted by molar-refractivity contribution is 0.0917. The van der Waals surface area contributed by atoms with Crippen molar-refractivity contribution in [2.24, 2.45) is 5.73 Å². The predicted molar refractivity (Wildman–Crippen MR) is 111 cm³/mol. The molecule has 3 rings (SSSR count). The molecular formula is C21H25ClN2O3S. The Morgan fingerprint density at radius 2 is 1.86 bits per heavy atom. The Bertz CT molecular complexity index is 967. The largest absolute Gasteiger partial charge is 0.349 e. The number of rotatable bonds is 5. The van der Waals surface area contributed by atoms with Gasteiger partial charge in [-0.3, -0.25) is 4.79 Å². The molecule has 0 spiro atoms. The molecule has 1 fully saturated rings. The average molecular weight is 421 g/mol. The Balaban J connectivity index is 1.68. The van der Waals surface area contributed by atoms with Crippen molar-refractivity contribution in [1.82, 2.24) is 5.32 Å². The molecule has 150 valence electrons. The summed E-state index contributed by atoms with van der Waals surface area (Å²) < 4.78 is 23.4. The second-order valence-corrected chi connectivity index (χ2v) is 9.99. The first-order valence-corrected chi connectivity index (χ1v) is 11.6. The number of hydrogen-bond acceptors (Lipinski definition) is 4. The number of sulfone groups is 1. The topological polar surface area (TPSA) is 89.3 Å². The third-order valence-electron chi connectivity index (χ3n) is 5.63. The Kier molecular flexibility index (Phi) is 6.12. The van der Waals surface area contributed by atoms with E-state index in [9.17, 15) is 13.2 Å². The van der Waals surface area contributed by atoms with Crippen LogP contribution in [0.25, 0.3) is 0 Å². The molecule has 2 aromatic rings. The summed E-state index contributed by atoms with van der Waals surface area (Å²) in [6.07, 6.45) is 4.46. The van der Waals surface area contributed by atoms with Crippen LogP contribution in [0.4, 0.5) is 0 Å². The van der Waals surface area contributed by atoms with Crippen molar-refractivity contribution in [2.75, 3.05) is 12.8 Å². The first-order chi connectivity index (χ1) is 13.2. The van der Waals surface area contributed by atoms with Crippen molar-refractivity contribution >= 4 is 27.3 Å². The minimum absolute atomic E-state index is 0.0354. The Hall–Kier alpha value is -1.89. The molecule has 1 saturated carbocycles. The van der Waals surface area contributed by atoms with E-state index in [0.29, 0.717) is 17.1 Å². The van der Waals surface area contributed by atoms with E-state index in [1.54, 1.807) is 12.1 Å². The zero-order valence-corrected chi connectivity index (χ0v) is 17.4. The number of benzene rings is 2. The molecule has 0 aromatic heterocycles. The van der Waals surface area contributed by atoms with Crippen LogP contribution in [0.5, 0.6) is 0 Å². The van der Waals surface area contributed by atoms with Gasteiger partial charge in [-0.2, -0.15) is 0 Å². The lowest BCUT2D eigenvalue weighted by Crippen LogP contribution is -2.45. The fourth-order valence-electron chi connectivity index (χ4n) is 3.88. The molecule has 1 aliphatic rings. The third kappa shape index (κ3) is 4.57. The quantitative estimate of drug-likeness (QED) is 0.776. The first-order valence-electron chi connectivity index (χ1n) is 9.31. The molecule has 0 radical (unpaired) electrons. The van der Waals surface area contributed by atoms with Crippen molar-refractivity contribution < 1.29 is 13.2 Å². The number of nitrogens with one attached hydrogen (secondary N) is 1. The van der Waals surface area contributed by atoms with Crippen LogP contribution in [-0.4, -0.2) is 33.2 Å². The molecule has 0 saturated heterocycles. The molecule has 2 aromatic carbocycles. The van der Waals surface area contributed by atoms with E-state index in [2.05, 4.69) is 11.4 Å². The van der Waals surface area contributed by atoms with Crippen LogP contribution in [0.2, 0.25) is 5.02 Å². The molecule has 28 heavy (non-hydrogen) atoms. The van der Waals surface area contributed by atoms with E-state index in [1.807, 2.05) is 18.2 Å². The minimum Gasteiger partial charge on any atom is -0.349 e. The molecule has 1 amide bonds. The van der Waals surface area contributed by atoms with Gasteiger partial charge in [0.1, 0.15) is 0 Å². The number of amides is 1. The van der Waals surface area contributed by atoms with Crippen LogP contribution in [-0.2, 0) is 15.3 Å². The van der Waals surface area contributed by atoms with Crippen LogP contribution < -0.4 is 11.1 Å². The van der Waals surface area contributed by atoms with E-state index in [1.165, 1.54) is 12.1 Å². The zero-order chi connectivity index (χ0) is 20.4. The van der Waals surface area contributed by atoms with Crippen molar-refractivity contribution in [3.8, 4) is 0 Å². The SMILES string of the molecule is CS(=O)(=O)c1cccc(C(=O)NC2CCC(CN)(c3cccc(Cl)c3)CC2)c1. The number of halogens is 1. The molecule has 7 heteroatoms. The minimum atomic E-state index is -3.35. The van der Waals surface area contributed by atoms with E-state index in [4.69, 9.17) is 17.3 Å². The van der Waals surface area contributed by atoms with Crippen molar-refractivity contribution in [3.63, 3.8) is 0 Å². The lowest BCUT2D eigenvalue weighted by atomic mass is 9.68. The average Bonchev–Trinajstić information content (AvgIpc) is 2.68. The highest BCUT2D eigenvalue weighted by Gasteiger charge is 2.36. The Morgan fingerprint density at radius 3 is 2.46 bits per heavy atom. The van der Waals surface area contributed by atoms with Crippen LogP contribution in [0.1, 0.15) is 41.6 Å². The zero-order valence-electron chi connectivity index (χ0n) is 15.8. The van der Waals surface area contributed by atoms with E-state index >= 15 is 0 Å². The maximum atomic E-state index is 12.6. The van der Waals surface area contributed by atoms with Gasteiger partial charge in [-0.15, -0.1) is 0 Å². The van der Waals surface area contributed by atoms with Crippen molar-refractivity contribution in [2.45, 2.75) is 42.0 Å². The van der Waals surface area contributed by atoms with Crippen molar-refractivity contribution in [3.05, 3.63) is 64.7 Å². The summed E-state index contributed by atoms with van der Waals surface area (Å²) in [7, 11) is -3.35. The summed E-state index contributed by atoms with van der Waals surface area (Å²) >= 11 is 6.15. The van der Waals surface area contributed by atoms with Gasteiger partial charge in [-0.05, 0) is 61.6 Å². The van der Waals surface area contributed by atoms with Gasteiger partial charge >= 0.3 is 0 Å². The van der Waals surface area contributed by atoms with E-state index < -0.39 is 9.84 Å². The van der Waals surface area contributed by atoms with Crippen molar-refractivity contribution in [1.29, 1.82) is 0 Å². The lowest BCUT2D eigenvalue weighted by Gasteiger charge is -2.40. The molecule has 0 bridgehead atoms. The van der Waals surface area contributed by atoms with Gasteiger partial charge in [0.05, 0.1) is 4.90 Å². The van der Waals surface area contributed by atoms with E-state index in [-0.39, 0.29) is 22.3 Å². The van der Waals surface area contributed by atoms with Gasteiger partial charge in [-0.1, -0.05) is 29.8 Å². The molecule has 0 aliphatic heterocycles. The van der Waals surface area contributed by atoms with Crippen LogP contribution in [0.15, 0.2) is 53.4 Å². The molecular weight excluding hydrogens is 396 g/mol. The molecule has 0 atom stereocenters. The van der Waals surface area contributed by atoms with Crippen LogP contribution in [0, 0.1) is 0 Å². The Labute approximate surface area is 171 Å². The normalized spacial score (nSPS) is 22.6. The predicted octanol–water partition coefficient (Wildman–Crippen LogP) is 3.31. The highest BCUT2D eigenvalue weighted by molar-refractivity contribution is 7.90. The van der Waals surface area contributed by atoms with Gasteiger partial charge in [0.25, 0.3) is 5.91 Å². The Morgan fingerprint density at radius 1 is 1.18 bits per heavy atom. The van der Waals surface area contributed by atoms with Gasteiger partial charge < -0.3 is 11.1 Å². The summed E-state index contributed by atoms with van der Waals surface area (Å²) in [6, 6.07) is 14.0. The second kappa shape index (κ2) is 8.23. The fourth-order valence-corrected chi connectivity index (χ4v) is 4.74. The van der Waals surface area contributed by atoms with Gasteiger partial charge in [0.15, 0.2) is 9.84 Å². The first kappa shape index (κ1) is 20.8. The van der Waals surface area contributed by atoms with Gasteiger partial charge in [-0.25, -0.2) is 8.42 Å². The number of carbonyl (C=O) groups is 1. The van der Waals surface area contributed by atoms with Gasteiger partial charge in [0, 0.05) is 34.8 Å².